The molecule has 1 aliphatic carbocycles. The minimum absolute atomic E-state index is 0.394. The van der Waals surface area contributed by atoms with Gasteiger partial charge in [0.2, 0.25) is 0 Å². The summed E-state index contributed by atoms with van der Waals surface area (Å²) in [7, 11) is 0. The lowest BCUT2D eigenvalue weighted by molar-refractivity contribution is 0.111. The van der Waals surface area contributed by atoms with Crippen molar-refractivity contribution in [3.63, 3.8) is 0 Å². The number of aromatic nitrogens is 2. The van der Waals surface area contributed by atoms with Crippen molar-refractivity contribution >= 4 is 0 Å². The summed E-state index contributed by atoms with van der Waals surface area (Å²) in [5.74, 6) is 0.784. The van der Waals surface area contributed by atoms with Crippen molar-refractivity contribution in [3.8, 4) is 0 Å². The first-order chi connectivity index (χ1) is 9.32. The molecule has 1 saturated carbocycles. The first-order valence-electron chi connectivity index (χ1n) is 8.09. The van der Waals surface area contributed by atoms with Crippen LogP contribution < -0.4 is 5.32 Å². The van der Waals surface area contributed by atoms with Crippen LogP contribution in [0.1, 0.15) is 64.4 Å². The summed E-state index contributed by atoms with van der Waals surface area (Å²) < 4.78 is 2.28. The molecule has 0 spiro atoms. The average Bonchev–Trinajstić information content (AvgIpc) is 2.68. The Morgan fingerprint density at radius 2 is 2.00 bits per heavy atom. The van der Waals surface area contributed by atoms with Crippen molar-refractivity contribution in [3.05, 3.63) is 17.5 Å². The van der Waals surface area contributed by atoms with E-state index in [1.807, 2.05) is 0 Å². The highest BCUT2D eigenvalue weighted by Crippen LogP contribution is 2.42. The molecule has 1 aliphatic rings. The Morgan fingerprint density at radius 1 is 1.30 bits per heavy atom. The lowest BCUT2D eigenvalue weighted by Gasteiger charge is -2.42. The van der Waals surface area contributed by atoms with Crippen LogP contribution in [0, 0.1) is 25.2 Å². The summed E-state index contributed by atoms with van der Waals surface area (Å²) in [6.07, 6.45) is 3.83. The maximum atomic E-state index is 4.76. The maximum absolute atomic E-state index is 4.76. The van der Waals surface area contributed by atoms with E-state index in [-0.39, 0.29) is 0 Å². The summed E-state index contributed by atoms with van der Waals surface area (Å²) in [6.45, 7) is 14.7. The minimum Gasteiger partial charge on any atom is -0.312 e. The van der Waals surface area contributed by atoms with Gasteiger partial charge in [-0.2, -0.15) is 5.10 Å². The molecule has 114 valence electrons. The summed E-state index contributed by atoms with van der Waals surface area (Å²) in [6, 6.07) is 3.27. The van der Waals surface area contributed by atoms with Gasteiger partial charge in [-0.3, -0.25) is 4.68 Å². The third kappa shape index (κ3) is 3.25. The summed E-state index contributed by atoms with van der Waals surface area (Å²) in [4.78, 5) is 0. The topological polar surface area (TPSA) is 29.9 Å². The van der Waals surface area contributed by atoms with Crippen LogP contribution in [0.15, 0.2) is 6.07 Å². The SMILES string of the molecule is CCNC1CCC(C(C)(C)C)CC1n1nc(C)cc1C. The van der Waals surface area contributed by atoms with Crippen LogP contribution in [0.3, 0.4) is 0 Å². The van der Waals surface area contributed by atoms with Gasteiger partial charge in [-0.15, -0.1) is 0 Å². The lowest BCUT2D eigenvalue weighted by atomic mass is 9.69. The fourth-order valence-corrected chi connectivity index (χ4v) is 3.69. The number of nitrogens with zero attached hydrogens (tertiary/aromatic N) is 2. The second kappa shape index (κ2) is 5.88. The zero-order valence-corrected chi connectivity index (χ0v) is 14.0. The van der Waals surface area contributed by atoms with Gasteiger partial charge in [0.05, 0.1) is 11.7 Å². The highest BCUT2D eigenvalue weighted by Gasteiger charge is 2.37. The highest BCUT2D eigenvalue weighted by molar-refractivity contribution is 5.09. The van der Waals surface area contributed by atoms with Crippen LogP contribution in [-0.4, -0.2) is 22.4 Å². The van der Waals surface area contributed by atoms with Crippen molar-refractivity contribution in [2.75, 3.05) is 6.54 Å². The molecule has 3 unspecified atom stereocenters. The molecule has 20 heavy (non-hydrogen) atoms. The Balaban J connectivity index is 2.25. The summed E-state index contributed by atoms with van der Waals surface area (Å²) in [5, 5.41) is 8.44. The van der Waals surface area contributed by atoms with Crippen molar-refractivity contribution in [1.82, 2.24) is 15.1 Å². The van der Waals surface area contributed by atoms with Gasteiger partial charge in [0.15, 0.2) is 0 Å². The first kappa shape index (κ1) is 15.6. The normalized spacial score (nSPS) is 27.8. The maximum Gasteiger partial charge on any atom is 0.0678 e. The Kier molecular flexibility index (Phi) is 4.58. The van der Waals surface area contributed by atoms with E-state index in [2.05, 4.69) is 57.6 Å². The molecule has 0 aliphatic heterocycles. The average molecular weight is 277 g/mol. The van der Waals surface area contributed by atoms with E-state index >= 15 is 0 Å². The van der Waals surface area contributed by atoms with Crippen LogP contribution in [-0.2, 0) is 0 Å². The van der Waals surface area contributed by atoms with Gasteiger partial charge in [0.1, 0.15) is 0 Å². The molecule has 1 N–H and O–H groups in total. The molecule has 1 heterocycles. The molecule has 0 radical (unpaired) electrons. The number of likely N-dealkylation sites (N-methyl/N-ethyl adjacent to an activating group) is 1. The minimum atomic E-state index is 0.394. The summed E-state index contributed by atoms with van der Waals surface area (Å²) in [5.41, 5.74) is 2.83. The molecule has 1 aromatic rings. The number of nitrogens with one attached hydrogen (secondary N) is 1. The van der Waals surface area contributed by atoms with E-state index < -0.39 is 0 Å². The van der Waals surface area contributed by atoms with Gasteiger partial charge in [0.25, 0.3) is 0 Å². The predicted molar refractivity (Wildman–Crippen MR) is 85.0 cm³/mol. The van der Waals surface area contributed by atoms with Crippen molar-refractivity contribution in [2.24, 2.45) is 11.3 Å². The molecule has 0 aromatic carbocycles. The predicted octanol–water partition coefficient (Wildman–Crippen LogP) is 3.87. The monoisotopic (exact) mass is 277 g/mol. The Bertz CT molecular complexity index is 442. The molecule has 3 atom stereocenters. The quantitative estimate of drug-likeness (QED) is 0.909. The molecule has 0 saturated heterocycles. The standard InChI is InChI=1S/C17H31N3/c1-7-18-15-9-8-14(17(4,5)6)11-16(15)20-13(3)10-12(2)19-20/h10,14-16,18H,7-9,11H2,1-6H3. The van der Waals surface area contributed by atoms with Crippen molar-refractivity contribution in [2.45, 2.75) is 72.9 Å². The van der Waals surface area contributed by atoms with Gasteiger partial charge >= 0.3 is 0 Å². The Morgan fingerprint density at radius 3 is 2.50 bits per heavy atom. The molecule has 1 fully saturated rings. The molecule has 1 aromatic heterocycles. The number of rotatable bonds is 3. The van der Waals surface area contributed by atoms with Gasteiger partial charge in [-0.05, 0) is 57.1 Å². The third-order valence-electron chi connectivity index (χ3n) is 4.87. The third-order valence-corrected chi connectivity index (χ3v) is 4.87. The molecule has 0 bridgehead atoms. The van der Waals surface area contributed by atoms with E-state index in [0.29, 0.717) is 17.5 Å². The second-order valence-electron chi connectivity index (χ2n) is 7.48. The molecule has 2 rings (SSSR count). The van der Waals surface area contributed by atoms with E-state index in [0.717, 1.165) is 18.2 Å². The lowest BCUT2D eigenvalue weighted by Crippen LogP contribution is -2.44. The van der Waals surface area contributed by atoms with Gasteiger partial charge in [-0.25, -0.2) is 0 Å². The van der Waals surface area contributed by atoms with E-state index in [4.69, 9.17) is 5.10 Å². The Labute approximate surface area is 124 Å². The van der Waals surface area contributed by atoms with Crippen molar-refractivity contribution in [1.29, 1.82) is 0 Å². The molecular formula is C17H31N3. The van der Waals surface area contributed by atoms with E-state index in [1.54, 1.807) is 0 Å². The molecule has 3 heteroatoms. The number of hydrogen-bond acceptors (Lipinski definition) is 2. The van der Waals surface area contributed by atoms with Crippen LogP contribution >= 0.6 is 0 Å². The van der Waals surface area contributed by atoms with E-state index in [1.165, 1.54) is 25.0 Å². The fourth-order valence-electron chi connectivity index (χ4n) is 3.69. The van der Waals surface area contributed by atoms with E-state index in [9.17, 15) is 0 Å². The Hall–Kier alpha value is -0.830. The first-order valence-corrected chi connectivity index (χ1v) is 8.09. The van der Waals surface area contributed by atoms with Crippen LogP contribution in [0.5, 0.6) is 0 Å². The van der Waals surface area contributed by atoms with Crippen LogP contribution in [0.2, 0.25) is 0 Å². The fraction of sp³-hybridized carbons (Fsp3) is 0.824. The molecule has 0 amide bonds. The molecular weight excluding hydrogens is 246 g/mol. The van der Waals surface area contributed by atoms with Crippen LogP contribution in [0.25, 0.3) is 0 Å². The van der Waals surface area contributed by atoms with Crippen LogP contribution in [0.4, 0.5) is 0 Å². The zero-order valence-electron chi connectivity index (χ0n) is 14.0. The number of aryl methyl sites for hydroxylation is 2. The van der Waals surface area contributed by atoms with Crippen molar-refractivity contribution < 1.29 is 0 Å². The largest absolute Gasteiger partial charge is 0.312 e. The van der Waals surface area contributed by atoms with Gasteiger partial charge < -0.3 is 5.32 Å². The van der Waals surface area contributed by atoms with Gasteiger partial charge in [-0.1, -0.05) is 27.7 Å². The second-order valence-corrected chi connectivity index (χ2v) is 7.48. The van der Waals surface area contributed by atoms with Gasteiger partial charge in [0, 0.05) is 11.7 Å². The number of hydrogen-bond donors (Lipinski definition) is 1. The highest BCUT2D eigenvalue weighted by atomic mass is 15.3. The molecule has 3 nitrogen and oxygen atoms in total. The smallest absolute Gasteiger partial charge is 0.0678 e. The zero-order chi connectivity index (χ0) is 14.9. The summed E-state index contributed by atoms with van der Waals surface area (Å²) >= 11 is 0.